The largest absolute Gasteiger partial charge is 0.469 e. The molecule has 0 aliphatic heterocycles. The molecule has 3 rings (SSSR count). The molecule has 0 aromatic carbocycles. The maximum absolute atomic E-state index is 5.37. The third-order valence-corrected chi connectivity index (χ3v) is 4.10. The molecule has 0 bridgehead atoms. The second-order valence-electron chi connectivity index (χ2n) is 4.81. The molecule has 3 heterocycles. The number of nitrogens with one attached hydrogen (secondary N) is 2. The zero-order valence-electron chi connectivity index (χ0n) is 11.3. The van der Waals surface area contributed by atoms with Crippen LogP contribution in [0.25, 0.3) is 10.6 Å². The van der Waals surface area contributed by atoms with Gasteiger partial charge in [0.2, 0.25) is 0 Å². The molecule has 104 valence electrons. The van der Waals surface area contributed by atoms with Crippen molar-refractivity contribution in [3.05, 3.63) is 53.4 Å². The lowest BCUT2D eigenvalue weighted by molar-refractivity contribution is 0.456. The van der Waals surface area contributed by atoms with Gasteiger partial charge in [0.1, 0.15) is 5.76 Å². The molecule has 0 aliphatic carbocycles. The molecule has 0 aliphatic rings. The second kappa shape index (κ2) is 6.07. The van der Waals surface area contributed by atoms with Crippen LogP contribution in [0.15, 0.2) is 46.5 Å². The van der Waals surface area contributed by atoms with Crippen LogP contribution in [0.1, 0.15) is 18.2 Å². The van der Waals surface area contributed by atoms with Gasteiger partial charge in [0.15, 0.2) is 0 Å². The van der Waals surface area contributed by atoms with Crippen LogP contribution >= 0.6 is 11.3 Å². The Morgan fingerprint density at radius 1 is 1.40 bits per heavy atom. The maximum Gasteiger partial charge on any atom is 0.105 e. The van der Waals surface area contributed by atoms with Gasteiger partial charge in [-0.1, -0.05) is 6.07 Å². The van der Waals surface area contributed by atoms with E-state index in [4.69, 9.17) is 4.42 Å². The Labute approximate surface area is 121 Å². The highest BCUT2D eigenvalue weighted by Gasteiger charge is 2.10. The van der Waals surface area contributed by atoms with E-state index >= 15 is 0 Å². The van der Waals surface area contributed by atoms with Gasteiger partial charge in [0, 0.05) is 24.6 Å². The molecule has 0 spiro atoms. The summed E-state index contributed by atoms with van der Waals surface area (Å²) >= 11 is 1.72. The first kappa shape index (κ1) is 13.1. The van der Waals surface area contributed by atoms with Crippen LogP contribution in [0.3, 0.4) is 0 Å². The first-order chi connectivity index (χ1) is 9.83. The first-order valence-electron chi connectivity index (χ1n) is 6.65. The van der Waals surface area contributed by atoms with Crippen molar-refractivity contribution in [2.45, 2.75) is 25.9 Å². The number of hydrogen-bond acceptors (Lipinski definition) is 4. The minimum absolute atomic E-state index is 0.354. The Morgan fingerprint density at radius 2 is 2.35 bits per heavy atom. The van der Waals surface area contributed by atoms with E-state index in [1.807, 2.05) is 18.3 Å². The Hall–Kier alpha value is -1.85. The van der Waals surface area contributed by atoms with Crippen molar-refractivity contribution in [2.24, 2.45) is 0 Å². The van der Waals surface area contributed by atoms with E-state index in [2.05, 4.69) is 40.0 Å². The van der Waals surface area contributed by atoms with Gasteiger partial charge >= 0.3 is 0 Å². The van der Waals surface area contributed by atoms with Gasteiger partial charge in [-0.05, 0) is 30.5 Å². The Balaban J connectivity index is 1.60. The average Bonchev–Trinajstić information content (AvgIpc) is 3.18. The van der Waals surface area contributed by atoms with Crippen molar-refractivity contribution in [3.8, 4) is 10.6 Å². The standard InChI is InChI=1S/C15H17N3OS/c1-11(8-13-4-2-6-19-13)16-9-12-10-17-18-15(12)14-5-3-7-20-14/h2-7,10-11,16H,8-9H2,1H3,(H,17,18). The number of H-pyrrole nitrogens is 1. The summed E-state index contributed by atoms with van der Waals surface area (Å²) in [6, 6.07) is 8.44. The lowest BCUT2D eigenvalue weighted by Crippen LogP contribution is -2.27. The van der Waals surface area contributed by atoms with Crippen LogP contribution in [-0.2, 0) is 13.0 Å². The van der Waals surface area contributed by atoms with Gasteiger partial charge in [0.05, 0.1) is 23.0 Å². The molecule has 0 saturated carbocycles. The third kappa shape index (κ3) is 3.00. The topological polar surface area (TPSA) is 53.9 Å². The van der Waals surface area contributed by atoms with Crippen molar-refractivity contribution in [1.82, 2.24) is 15.5 Å². The van der Waals surface area contributed by atoms with Gasteiger partial charge in [-0.3, -0.25) is 5.10 Å². The van der Waals surface area contributed by atoms with Crippen molar-refractivity contribution in [3.63, 3.8) is 0 Å². The predicted molar refractivity (Wildman–Crippen MR) is 80.6 cm³/mol. The van der Waals surface area contributed by atoms with E-state index in [1.165, 1.54) is 10.4 Å². The van der Waals surface area contributed by atoms with Gasteiger partial charge in [-0.2, -0.15) is 5.10 Å². The highest BCUT2D eigenvalue weighted by Crippen LogP contribution is 2.25. The molecule has 0 amide bonds. The smallest absolute Gasteiger partial charge is 0.105 e. The van der Waals surface area contributed by atoms with Gasteiger partial charge in [-0.15, -0.1) is 11.3 Å². The molecular formula is C15H17N3OS. The minimum atomic E-state index is 0.354. The quantitative estimate of drug-likeness (QED) is 0.730. The monoisotopic (exact) mass is 287 g/mol. The molecule has 0 radical (unpaired) electrons. The summed E-state index contributed by atoms with van der Waals surface area (Å²) in [6.07, 6.45) is 4.49. The fourth-order valence-corrected chi connectivity index (χ4v) is 2.92. The van der Waals surface area contributed by atoms with E-state index in [0.29, 0.717) is 6.04 Å². The van der Waals surface area contributed by atoms with E-state index in [9.17, 15) is 0 Å². The molecule has 20 heavy (non-hydrogen) atoms. The van der Waals surface area contributed by atoms with Crippen molar-refractivity contribution in [1.29, 1.82) is 0 Å². The van der Waals surface area contributed by atoms with Gasteiger partial charge < -0.3 is 9.73 Å². The Morgan fingerprint density at radius 3 is 3.10 bits per heavy atom. The second-order valence-corrected chi connectivity index (χ2v) is 5.76. The SMILES string of the molecule is CC(Cc1ccco1)NCc1cn[nH]c1-c1cccs1. The third-order valence-electron chi connectivity index (χ3n) is 3.21. The van der Waals surface area contributed by atoms with Crippen LogP contribution in [0.4, 0.5) is 0 Å². The first-order valence-corrected chi connectivity index (χ1v) is 7.53. The zero-order valence-corrected chi connectivity index (χ0v) is 12.1. The molecular weight excluding hydrogens is 270 g/mol. The molecule has 2 N–H and O–H groups in total. The van der Waals surface area contributed by atoms with E-state index in [0.717, 1.165) is 24.4 Å². The Kier molecular flexibility index (Phi) is 3.99. The minimum Gasteiger partial charge on any atom is -0.469 e. The molecule has 0 fully saturated rings. The van der Waals surface area contributed by atoms with Gasteiger partial charge in [-0.25, -0.2) is 0 Å². The predicted octanol–water partition coefficient (Wildman–Crippen LogP) is 3.45. The van der Waals surface area contributed by atoms with Crippen LogP contribution in [0.5, 0.6) is 0 Å². The molecule has 3 aromatic rings. The van der Waals surface area contributed by atoms with E-state index in [-0.39, 0.29) is 0 Å². The average molecular weight is 287 g/mol. The number of aromatic nitrogens is 2. The van der Waals surface area contributed by atoms with E-state index in [1.54, 1.807) is 17.6 Å². The number of aromatic amines is 1. The fraction of sp³-hybridized carbons (Fsp3) is 0.267. The summed E-state index contributed by atoms with van der Waals surface area (Å²) in [5.74, 6) is 1.01. The molecule has 4 nitrogen and oxygen atoms in total. The number of rotatable bonds is 6. The molecule has 3 aromatic heterocycles. The number of thiophene rings is 1. The van der Waals surface area contributed by atoms with Gasteiger partial charge in [0.25, 0.3) is 0 Å². The summed E-state index contributed by atoms with van der Waals surface area (Å²) in [5, 5.41) is 12.8. The van der Waals surface area contributed by atoms with Crippen LogP contribution in [-0.4, -0.2) is 16.2 Å². The highest BCUT2D eigenvalue weighted by molar-refractivity contribution is 7.13. The molecule has 1 unspecified atom stereocenters. The van der Waals surface area contributed by atoms with E-state index < -0.39 is 0 Å². The summed E-state index contributed by atoms with van der Waals surface area (Å²) in [5.41, 5.74) is 2.30. The lowest BCUT2D eigenvalue weighted by Gasteiger charge is -2.12. The number of nitrogens with zero attached hydrogens (tertiary/aromatic N) is 1. The Bertz CT molecular complexity index is 628. The zero-order chi connectivity index (χ0) is 13.8. The summed E-state index contributed by atoms with van der Waals surface area (Å²) in [4.78, 5) is 1.22. The number of furan rings is 1. The van der Waals surface area contributed by atoms with Crippen LogP contribution in [0, 0.1) is 0 Å². The summed E-state index contributed by atoms with van der Waals surface area (Å²) in [7, 11) is 0. The number of hydrogen-bond donors (Lipinski definition) is 2. The fourth-order valence-electron chi connectivity index (χ4n) is 2.17. The summed E-state index contributed by atoms with van der Waals surface area (Å²) in [6.45, 7) is 2.96. The molecule has 5 heteroatoms. The maximum atomic E-state index is 5.37. The van der Waals surface area contributed by atoms with Crippen LogP contribution < -0.4 is 5.32 Å². The highest BCUT2D eigenvalue weighted by atomic mass is 32.1. The summed E-state index contributed by atoms with van der Waals surface area (Å²) < 4.78 is 5.37. The molecule has 0 saturated heterocycles. The van der Waals surface area contributed by atoms with Crippen molar-refractivity contribution >= 4 is 11.3 Å². The normalized spacial score (nSPS) is 12.7. The molecule has 1 atom stereocenters. The lowest BCUT2D eigenvalue weighted by atomic mass is 10.1. The van der Waals surface area contributed by atoms with Crippen molar-refractivity contribution < 1.29 is 4.42 Å². The van der Waals surface area contributed by atoms with Crippen LogP contribution in [0.2, 0.25) is 0 Å². The van der Waals surface area contributed by atoms with Crippen molar-refractivity contribution in [2.75, 3.05) is 0 Å².